The molecule has 1 aromatic carbocycles. The Hall–Kier alpha value is -1.13. The van der Waals surface area contributed by atoms with Gasteiger partial charge in [0, 0.05) is 23.4 Å². The van der Waals surface area contributed by atoms with Gasteiger partial charge in [-0.05, 0) is 40.7 Å². The smallest absolute Gasteiger partial charge is 0.0992 e. The molecule has 0 bridgehead atoms. The predicted octanol–water partition coefficient (Wildman–Crippen LogP) is 2.35. The molecule has 1 N–H and O–H groups in total. The molecule has 0 aliphatic carbocycles. The fourth-order valence-electron chi connectivity index (χ4n) is 1.48. The van der Waals surface area contributed by atoms with Crippen LogP contribution in [0, 0.1) is 0 Å². The lowest BCUT2D eigenvalue weighted by atomic mass is 10.2. The summed E-state index contributed by atoms with van der Waals surface area (Å²) in [5.41, 5.74) is 2.36. The first-order valence-corrected chi connectivity index (χ1v) is 5.52. The molecule has 78 valence electrons. The molecule has 0 saturated carbocycles. The van der Waals surface area contributed by atoms with Gasteiger partial charge in [-0.3, -0.25) is 0 Å². The fraction of sp³-hybridized carbons (Fsp3) is 0.182. The third kappa shape index (κ3) is 2.27. The molecule has 4 heteroatoms. The Labute approximate surface area is 97.3 Å². The van der Waals surface area contributed by atoms with Gasteiger partial charge in [-0.15, -0.1) is 0 Å². The summed E-state index contributed by atoms with van der Waals surface area (Å²) in [7, 11) is 1.94. The second kappa shape index (κ2) is 4.59. The normalized spacial score (nSPS) is 10.5. The molecular formula is C11H12BrN3. The number of nitrogens with zero attached hydrogens (tertiary/aromatic N) is 2. The third-order valence-corrected chi connectivity index (χ3v) is 2.81. The second-order valence-corrected chi connectivity index (χ2v) is 4.14. The van der Waals surface area contributed by atoms with Crippen molar-refractivity contribution in [2.75, 3.05) is 7.05 Å². The van der Waals surface area contributed by atoms with Gasteiger partial charge in [-0.2, -0.15) is 0 Å². The van der Waals surface area contributed by atoms with E-state index in [1.807, 2.05) is 17.8 Å². The highest BCUT2D eigenvalue weighted by Gasteiger charge is 2.02. The van der Waals surface area contributed by atoms with Gasteiger partial charge in [0.25, 0.3) is 0 Å². The second-order valence-electron chi connectivity index (χ2n) is 3.29. The van der Waals surface area contributed by atoms with Crippen molar-refractivity contribution in [3.63, 3.8) is 0 Å². The van der Waals surface area contributed by atoms with E-state index in [1.165, 1.54) is 5.56 Å². The molecular weight excluding hydrogens is 254 g/mol. The molecule has 0 atom stereocenters. The summed E-state index contributed by atoms with van der Waals surface area (Å²) in [5.74, 6) is 0. The molecule has 0 aliphatic rings. The van der Waals surface area contributed by atoms with E-state index in [4.69, 9.17) is 0 Å². The lowest BCUT2D eigenvalue weighted by Gasteiger charge is -2.07. The summed E-state index contributed by atoms with van der Waals surface area (Å²) in [6.45, 7) is 0.878. The van der Waals surface area contributed by atoms with E-state index in [2.05, 4.69) is 44.4 Å². The van der Waals surface area contributed by atoms with Crippen molar-refractivity contribution in [2.45, 2.75) is 6.54 Å². The minimum absolute atomic E-state index is 0.878. The van der Waals surface area contributed by atoms with Gasteiger partial charge in [0.1, 0.15) is 0 Å². The Morgan fingerprint density at radius 1 is 1.47 bits per heavy atom. The van der Waals surface area contributed by atoms with Crippen molar-refractivity contribution in [1.29, 1.82) is 0 Å². The number of hydrogen-bond acceptors (Lipinski definition) is 2. The minimum Gasteiger partial charge on any atom is -0.316 e. The van der Waals surface area contributed by atoms with Crippen molar-refractivity contribution in [2.24, 2.45) is 0 Å². The molecule has 3 nitrogen and oxygen atoms in total. The molecule has 0 amide bonds. The Morgan fingerprint density at radius 3 is 2.93 bits per heavy atom. The molecule has 0 aliphatic heterocycles. The van der Waals surface area contributed by atoms with Crippen molar-refractivity contribution in [3.05, 3.63) is 47.0 Å². The van der Waals surface area contributed by atoms with Crippen LogP contribution >= 0.6 is 15.9 Å². The van der Waals surface area contributed by atoms with Crippen LogP contribution in [0.3, 0.4) is 0 Å². The Kier molecular flexibility index (Phi) is 3.18. The number of benzene rings is 1. The molecule has 2 aromatic rings. The van der Waals surface area contributed by atoms with Crippen LogP contribution in [0.5, 0.6) is 0 Å². The molecule has 1 aromatic heterocycles. The van der Waals surface area contributed by atoms with Crippen LogP contribution in [0.2, 0.25) is 0 Å². The largest absolute Gasteiger partial charge is 0.316 e. The molecule has 2 rings (SSSR count). The molecule has 0 unspecified atom stereocenters. The summed E-state index contributed by atoms with van der Waals surface area (Å²) < 4.78 is 3.06. The van der Waals surface area contributed by atoms with Crippen LogP contribution in [0.4, 0.5) is 0 Å². The molecule has 0 spiro atoms. The lowest BCUT2D eigenvalue weighted by molar-refractivity contribution is 0.816. The Morgan fingerprint density at radius 2 is 2.33 bits per heavy atom. The zero-order valence-corrected chi connectivity index (χ0v) is 10.0. The van der Waals surface area contributed by atoms with Gasteiger partial charge in [0.2, 0.25) is 0 Å². The average molecular weight is 266 g/mol. The van der Waals surface area contributed by atoms with Crippen molar-refractivity contribution in [3.8, 4) is 5.69 Å². The molecule has 0 fully saturated rings. The summed E-state index contributed by atoms with van der Waals surface area (Å²) in [6.07, 6.45) is 5.49. The topological polar surface area (TPSA) is 29.9 Å². The zero-order chi connectivity index (χ0) is 10.7. The maximum atomic E-state index is 4.03. The first kappa shape index (κ1) is 10.4. The van der Waals surface area contributed by atoms with Crippen LogP contribution in [0.15, 0.2) is 41.4 Å². The highest BCUT2D eigenvalue weighted by atomic mass is 79.9. The van der Waals surface area contributed by atoms with Gasteiger partial charge < -0.3 is 9.88 Å². The van der Waals surface area contributed by atoms with Crippen LogP contribution in [-0.2, 0) is 6.54 Å². The third-order valence-electron chi connectivity index (χ3n) is 2.18. The van der Waals surface area contributed by atoms with Gasteiger partial charge in [0.05, 0.1) is 12.0 Å². The first-order valence-electron chi connectivity index (χ1n) is 4.72. The van der Waals surface area contributed by atoms with Crippen molar-refractivity contribution >= 4 is 15.9 Å². The summed E-state index contributed by atoms with van der Waals surface area (Å²) >= 11 is 3.56. The summed E-state index contributed by atoms with van der Waals surface area (Å²) in [4.78, 5) is 4.03. The fourth-order valence-corrected chi connectivity index (χ4v) is 2.11. The molecule has 1 heterocycles. The highest BCUT2D eigenvalue weighted by Crippen LogP contribution is 2.22. The lowest BCUT2D eigenvalue weighted by Crippen LogP contribution is -2.05. The maximum Gasteiger partial charge on any atom is 0.0992 e. The van der Waals surface area contributed by atoms with E-state index in [-0.39, 0.29) is 0 Å². The maximum absolute atomic E-state index is 4.03. The summed E-state index contributed by atoms with van der Waals surface area (Å²) in [6, 6.07) is 6.31. The monoisotopic (exact) mass is 265 g/mol. The Balaban J connectivity index is 2.35. The average Bonchev–Trinajstić information content (AvgIpc) is 2.71. The minimum atomic E-state index is 0.878. The SMILES string of the molecule is CNCc1ccc(-n2ccnc2)c(Br)c1. The molecule has 0 saturated heterocycles. The summed E-state index contributed by atoms with van der Waals surface area (Å²) in [5, 5.41) is 3.13. The number of imidazole rings is 1. The van der Waals surface area contributed by atoms with E-state index >= 15 is 0 Å². The predicted molar refractivity (Wildman–Crippen MR) is 64.0 cm³/mol. The number of hydrogen-bond donors (Lipinski definition) is 1. The number of halogens is 1. The van der Waals surface area contributed by atoms with Crippen LogP contribution in [0.25, 0.3) is 5.69 Å². The molecule has 15 heavy (non-hydrogen) atoms. The van der Waals surface area contributed by atoms with E-state index in [0.717, 1.165) is 16.7 Å². The van der Waals surface area contributed by atoms with Gasteiger partial charge in [0.15, 0.2) is 0 Å². The first-order chi connectivity index (χ1) is 7.31. The quantitative estimate of drug-likeness (QED) is 0.924. The van der Waals surface area contributed by atoms with Crippen LogP contribution < -0.4 is 5.32 Å². The van der Waals surface area contributed by atoms with Gasteiger partial charge in [-0.25, -0.2) is 4.98 Å². The van der Waals surface area contributed by atoms with Crippen LogP contribution in [-0.4, -0.2) is 16.6 Å². The van der Waals surface area contributed by atoms with E-state index in [1.54, 1.807) is 12.5 Å². The number of nitrogens with one attached hydrogen (secondary N) is 1. The van der Waals surface area contributed by atoms with E-state index in [9.17, 15) is 0 Å². The highest BCUT2D eigenvalue weighted by molar-refractivity contribution is 9.10. The van der Waals surface area contributed by atoms with Gasteiger partial charge in [-0.1, -0.05) is 6.07 Å². The zero-order valence-electron chi connectivity index (χ0n) is 8.44. The van der Waals surface area contributed by atoms with Crippen LogP contribution in [0.1, 0.15) is 5.56 Å². The number of rotatable bonds is 3. The standard InChI is InChI=1S/C11H12BrN3/c1-13-7-9-2-3-11(10(12)6-9)15-5-4-14-8-15/h2-6,8,13H,7H2,1H3. The van der Waals surface area contributed by atoms with Gasteiger partial charge >= 0.3 is 0 Å². The van der Waals surface area contributed by atoms with Crippen molar-refractivity contribution in [1.82, 2.24) is 14.9 Å². The van der Waals surface area contributed by atoms with E-state index in [0.29, 0.717) is 0 Å². The Bertz CT molecular complexity index is 437. The number of aromatic nitrogens is 2. The molecule has 0 radical (unpaired) electrons. The van der Waals surface area contributed by atoms with Crippen molar-refractivity contribution < 1.29 is 0 Å². The van der Waals surface area contributed by atoms with E-state index < -0.39 is 0 Å².